The van der Waals surface area contributed by atoms with Gasteiger partial charge in [0.1, 0.15) is 0 Å². The van der Waals surface area contributed by atoms with Gasteiger partial charge in [0, 0.05) is 18.6 Å². The van der Waals surface area contributed by atoms with E-state index in [1.165, 1.54) is 51.5 Å². The molecule has 0 aromatic heterocycles. The Balaban J connectivity index is 1.98. The summed E-state index contributed by atoms with van der Waals surface area (Å²) in [7, 11) is 0. The maximum Gasteiger partial charge on any atom is 0.0249 e. The maximum absolute atomic E-state index is 6.10. The van der Waals surface area contributed by atoms with Gasteiger partial charge < -0.3 is 5.73 Å². The molecule has 0 radical (unpaired) electrons. The Morgan fingerprint density at radius 2 is 1.94 bits per heavy atom. The molecule has 0 aromatic rings. The summed E-state index contributed by atoms with van der Waals surface area (Å²) in [5.41, 5.74) is 6.10. The lowest BCUT2D eigenvalue weighted by molar-refractivity contribution is 0.0531. The van der Waals surface area contributed by atoms with Crippen molar-refractivity contribution >= 4 is 0 Å². The fraction of sp³-hybridized carbons (Fsp3) is 1.00. The van der Waals surface area contributed by atoms with Gasteiger partial charge in [0.25, 0.3) is 0 Å². The van der Waals surface area contributed by atoms with Crippen LogP contribution in [0.1, 0.15) is 58.8 Å². The van der Waals surface area contributed by atoms with E-state index < -0.39 is 0 Å². The average molecular weight is 238 g/mol. The molecule has 0 spiro atoms. The molecule has 1 aliphatic carbocycles. The summed E-state index contributed by atoms with van der Waals surface area (Å²) < 4.78 is 0. The first kappa shape index (κ1) is 13.4. The summed E-state index contributed by atoms with van der Waals surface area (Å²) in [4.78, 5) is 2.73. The third-order valence-corrected chi connectivity index (χ3v) is 5.04. The molecule has 2 heteroatoms. The van der Waals surface area contributed by atoms with Crippen LogP contribution in [0, 0.1) is 11.8 Å². The molecule has 1 saturated carbocycles. The zero-order valence-corrected chi connectivity index (χ0v) is 11.7. The lowest BCUT2D eigenvalue weighted by atomic mass is 9.77. The molecule has 4 atom stereocenters. The Bertz CT molecular complexity index is 229. The molecule has 0 aromatic carbocycles. The van der Waals surface area contributed by atoms with Crippen LogP contribution in [-0.4, -0.2) is 30.1 Å². The first-order valence-electron chi connectivity index (χ1n) is 7.68. The summed E-state index contributed by atoms with van der Waals surface area (Å²) in [6.45, 7) is 6.96. The van der Waals surface area contributed by atoms with Gasteiger partial charge in [0.15, 0.2) is 0 Å². The fourth-order valence-electron chi connectivity index (χ4n) is 4.04. The van der Waals surface area contributed by atoms with Gasteiger partial charge in [-0.3, -0.25) is 4.90 Å². The molecular weight excluding hydrogens is 208 g/mol. The van der Waals surface area contributed by atoms with Crippen LogP contribution < -0.4 is 5.73 Å². The van der Waals surface area contributed by atoms with Gasteiger partial charge in [-0.2, -0.15) is 0 Å². The summed E-state index contributed by atoms with van der Waals surface area (Å²) in [5, 5.41) is 0. The monoisotopic (exact) mass is 238 g/mol. The van der Waals surface area contributed by atoms with Gasteiger partial charge in [-0.25, -0.2) is 0 Å². The van der Waals surface area contributed by atoms with E-state index in [9.17, 15) is 0 Å². The van der Waals surface area contributed by atoms with Crippen LogP contribution in [0.25, 0.3) is 0 Å². The Labute approximate surface area is 107 Å². The van der Waals surface area contributed by atoms with Gasteiger partial charge in [0.05, 0.1) is 0 Å². The number of piperidine rings is 1. The molecule has 1 heterocycles. The Kier molecular flexibility index (Phi) is 4.87. The summed E-state index contributed by atoms with van der Waals surface area (Å²) in [6.07, 6.45) is 9.84. The van der Waals surface area contributed by atoms with Crippen molar-refractivity contribution in [2.75, 3.05) is 13.1 Å². The molecule has 2 N–H and O–H groups in total. The Morgan fingerprint density at radius 1 is 1.12 bits per heavy atom. The zero-order valence-electron chi connectivity index (χ0n) is 11.7. The van der Waals surface area contributed by atoms with Crippen LogP contribution >= 0.6 is 0 Å². The van der Waals surface area contributed by atoms with E-state index in [0.717, 1.165) is 24.4 Å². The van der Waals surface area contributed by atoms with Crippen LogP contribution in [0.3, 0.4) is 0 Å². The molecule has 2 fully saturated rings. The van der Waals surface area contributed by atoms with Crippen LogP contribution in [0.4, 0.5) is 0 Å². The zero-order chi connectivity index (χ0) is 12.3. The molecule has 2 rings (SSSR count). The second kappa shape index (κ2) is 6.19. The highest BCUT2D eigenvalue weighted by Crippen LogP contribution is 2.34. The first-order valence-corrected chi connectivity index (χ1v) is 7.68. The van der Waals surface area contributed by atoms with Crippen molar-refractivity contribution in [1.29, 1.82) is 0 Å². The molecular formula is C15H30N2. The highest BCUT2D eigenvalue weighted by Gasteiger charge is 2.33. The second-order valence-electron chi connectivity index (χ2n) is 6.42. The number of nitrogens with zero attached hydrogens (tertiary/aromatic N) is 1. The number of hydrogen-bond acceptors (Lipinski definition) is 2. The quantitative estimate of drug-likeness (QED) is 0.819. The summed E-state index contributed by atoms with van der Waals surface area (Å²) in [5.74, 6) is 1.78. The number of hydrogen-bond donors (Lipinski definition) is 1. The van der Waals surface area contributed by atoms with Gasteiger partial charge in [-0.1, -0.05) is 26.2 Å². The lowest BCUT2D eigenvalue weighted by Gasteiger charge is -2.44. The minimum atomic E-state index is 0.660. The maximum atomic E-state index is 6.10. The van der Waals surface area contributed by atoms with Gasteiger partial charge >= 0.3 is 0 Å². The third kappa shape index (κ3) is 3.23. The highest BCUT2D eigenvalue weighted by atomic mass is 15.2. The summed E-state index contributed by atoms with van der Waals surface area (Å²) >= 11 is 0. The van der Waals surface area contributed by atoms with Crippen LogP contribution in [0.15, 0.2) is 0 Å². The van der Waals surface area contributed by atoms with Crippen molar-refractivity contribution < 1.29 is 0 Å². The minimum Gasteiger partial charge on any atom is -0.329 e. The minimum absolute atomic E-state index is 0.660. The molecule has 1 saturated heterocycles. The van der Waals surface area contributed by atoms with E-state index in [4.69, 9.17) is 5.73 Å². The van der Waals surface area contributed by atoms with Crippen LogP contribution in [0.2, 0.25) is 0 Å². The fourth-order valence-corrected chi connectivity index (χ4v) is 4.04. The molecule has 100 valence electrons. The molecule has 4 unspecified atom stereocenters. The summed E-state index contributed by atoms with van der Waals surface area (Å²) in [6, 6.07) is 1.42. The Hall–Kier alpha value is -0.0800. The van der Waals surface area contributed by atoms with Crippen molar-refractivity contribution in [3.05, 3.63) is 0 Å². The van der Waals surface area contributed by atoms with Crippen molar-refractivity contribution in [3.63, 3.8) is 0 Å². The van der Waals surface area contributed by atoms with Crippen molar-refractivity contribution in [2.45, 2.75) is 70.9 Å². The predicted molar refractivity (Wildman–Crippen MR) is 74.0 cm³/mol. The van der Waals surface area contributed by atoms with E-state index in [-0.39, 0.29) is 0 Å². The topological polar surface area (TPSA) is 29.3 Å². The van der Waals surface area contributed by atoms with Gasteiger partial charge in [-0.05, 0) is 51.0 Å². The van der Waals surface area contributed by atoms with Crippen molar-refractivity contribution in [3.8, 4) is 0 Å². The van der Waals surface area contributed by atoms with Crippen LogP contribution in [0.5, 0.6) is 0 Å². The largest absolute Gasteiger partial charge is 0.329 e. The predicted octanol–water partition coefficient (Wildman–Crippen LogP) is 3.01. The number of likely N-dealkylation sites (tertiary alicyclic amines) is 1. The smallest absolute Gasteiger partial charge is 0.0249 e. The number of rotatable bonds is 3. The Morgan fingerprint density at radius 3 is 2.59 bits per heavy atom. The molecule has 17 heavy (non-hydrogen) atoms. The highest BCUT2D eigenvalue weighted by molar-refractivity contribution is 4.88. The van der Waals surface area contributed by atoms with Crippen LogP contribution in [-0.2, 0) is 0 Å². The standard InChI is InChI=1S/C15H30N2/c1-12-6-5-8-14(10-12)15(11-16)17-9-4-3-7-13(17)2/h12-15H,3-11,16H2,1-2H3. The number of nitrogens with two attached hydrogens (primary N) is 1. The van der Waals surface area contributed by atoms with Crippen molar-refractivity contribution in [2.24, 2.45) is 17.6 Å². The van der Waals surface area contributed by atoms with Crippen molar-refractivity contribution in [1.82, 2.24) is 4.90 Å². The third-order valence-electron chi connectivity index (χ3n) is 5.04. The lowest BCUT2D eigenvalue weighted by Crippen LogP contribution is -2.52. The average Bonchev–Trinajstić information content (AvgIpc) is 2.33. The molecule has 2 nitrogen and oxygen atoms in total. The first-order chi connectivity index (χ1) is 8.22. The van der Waals surface area contributed by atoms with Gasteiger partial charge in [0.2, 0.25) is 0 Å². The van der Waals surface area contributed by atoms with E-state index in [2.05, 4.69) is 18.7 Å². The molecule has 0 bridgehead atoms. The normalized spacial score (nSPS) is 37.9. The molecule has 1 aliphatic heterocycles. The second-order valence-corrected chi connectivity index (χ2v) is 6.42. The molecule has 0 amide bonds. The molecule has 2 aliphatic rings. The van der Waals surface area contributed by atoms with E-state index >= 15 is 0 Å². The van der Waals surface area contributed by atoms with E-state index in [0.29, 0.717) is 6.04 Å². The van der Waals surface area contributed by atoms with E-state index in [1.54, 1.807) is 0 Å². The SMILES string of the molecule is CC1CCCC(C(CN)N2CCCCC2C)C1. The van der Waals surface area contributed by atoms with Gasteiger partial charge in [-0.15, -0.1) is 0 Å². The van der Waals surface area contributed by atoms with E-state index in [1.807, 2.05) is 0 Å².